The van der Waals surface area contributed by atoms with Crippen molar-refractivity contribution in [1.29, 1.82) is 0 Å². The second kappa shape index (κ2) is 6.52. The Kier molecular flexibility index (Phi) is 4.93. The Hall–Kier alpha value is -1.49. The van der Waals surface area contributed by atoms with E-state index < -0.39 is 23.7 Å². The quantitative estimate of drug-likeness (QED) is 0.904. The first-order chi connectivity index (χ1) is 9.93. The lowest BCUT2D eigenvalue weighted by atomic mass is 9.88. The summed E-state index contributed by atoms with van der Waals surface area (Å²) in [5.41, 5.74) is 6.93. The fourth-order valence-corrected chi connectivity index (χ4v) is 2.58. The summed E-state index contributed by atoms with van der Waals surface area (Å²) < 4.78 is 27.6. The fourth-order valence-electron chi connectivity index (χ4n) is 2.40. The van der Waals surface area contributed by atoms with Gasteiger partial charge in [-0.1, -0.05) is 29.8 Å². The molecule has 0 bridgehead atoms. The molecule has 0 amide bonds. The van der Waals surface area contributed by atoms with Crippen LogP contribution in [0.15, 0.2) is 36.4 Å². The molecule has 0 saturated carbocycles. The van der Waals surface area contributed by atoms with E-state index in [4.69, 9.17) is 17.3 Å². The zero-order chi connectivity index (χ0) is 15.6. The van der Waals surface area contributed by atoms with Crippen LogP contribution in [0, 0.1) is 18.6 Å². The predicted molar refractivity (Wildman–Crippen MR) is 79.3 cm³/mol. The molecule has 3 N–H and O–H groups in total. The molecular formula is C16H16ClF2NO. The van der Waals surface area contributed by atoms with Crippen molar-refractivity contribution in [2.45, 2.75) is 18.9 Å². The summed E-state index contributed by atoms with van der Waals surface area (Å²) in [6.07, 6.45) is -1.11. The molecule has 2 nitrogen and oxygen atoms in total. The van der Waals surface area contributed by atoms with Crippen molar-refractivity contribution in [2.24, 2.45) is 5.73 Å². The summed E-state index contributed by atoms with van der Waals surface area (Å²) in [6.45, 7) is 1.73. The van der Waals surface area contributed by atoms with E-state index in [1.165, 1.54) is 24.3 Å². The first kappa shape index (κ1) is 15.9. The van der Waals surface area contributed by atoms with Gasteiger partial charge in [-0.2, -0.15) is 0 Å². The van der Waals surface area contributed by atoms with Gasteiger partial charge in [0, 0.05) is 12.5 Å². The third-order valence-corrected chi connectivity index (χ3v) is 3.71. The molecule has 21 heavy (non-hydrogen) atoms. The van der Waals surface area contributed by atoms with Gasteiger partial charge in [0.05, 0.1) is 11.1 Å². The van der Waals surface area contributed by atoms with Gasteiger partial charge in [-0.15, -0.1) is 0 Å². The molecule has 2 rings (SSSR count). The van der Waals surface area contributed by atoms with Crippen LogP contribution in [0.2, 0.25) is 5.02 Å². The van der Waals surface area contributed by atoms with Gasteiger partial charge < -0.3 is 10.8 Å². The van der Waals surface area contributed by atoms with E-state index in [0.717, 1.165) is 0 Å². The number of hydrogen-bond acceptors (Lipinski definition) is 2. The van der Waals surface area contributed by atoms with Crippen LogP contribution in [0.4, 0.5) is 8.78 Å². The molecule has 112 valence electrons. The van der Waals surface area contributed by atoms with E-state index in [-0.39, 0.29) is 17.1 Å². The number of halogens is 3. The second-order valence-electron chi connectivity index (χ2n) is 4.99. The highest BCUT2D eigenvalue weighted by Crippen LogP contribution is 2.34. The lowest BCUT2D eigenvalue weighted by Crippen LogP contribution is -2.21. The van der Waals surface area contributed by atoms with E-state index in [9.17, 15) is 13.9 Å². The molecule has 0 aliphatic rings. The normalized spacial score (nSPS) is 14.0. The third-order valence-electron chi connectivity index (χ3n) is 3.42. The Morgan fingerprint density at radius 1 is 1.24 bits per heavy atom. The number of aliphatic hydroxyl groups excluding tert-OH is 1. The van der Waals surface area contributed by atoms with Crippen LogP contribution in [0.3, 0.4) is 0 Å². The third kappa shape index (κ3) is 3.40. The van der Waals surface area contributed by atoms with Crippen LogP contribution in [0.25, 0.3) is 0 Å². The molecule has 2 aromatic carbocycles. The average Bonchev–Trinajstić information content (AvgIpc) is 2.43. The number of aliphatic hydroxyl groups is 1. The Balaban J connectivity index is 2.43. The van der Waals surface area contributed by atoms with Crippen LogP contribution in [0.1, 0.15) is 28.7 Å². The number of hydrogen-bond donors (Lipinski definition) is 2. The van der Waals surface area contributed by atoms with Crippen molar-refractivity contribution in [3.63, 3.8) is 0 Å². The molecule has 2 atom stereocenters. The molecule has 2 aromatic rings. The Bertz CT molecular complexity index is 628. The van der Waals surface area contributed by atoms with Crippen LogP contribution in [0.5, 0.6) is 0 Å². The standard InChI is InChI=1S/C16H16ClF2NO/c1-9-5-10(7-11(18)6-9)16(21)13(8-20)12-3-2-4-14(17)15(12)19/h2-7,13,16,21H,8,20H2,1H3. The number of nitrogens with two attached hydrogens (primary N) is 1. The van der Waals surface area contributed by atoms with Gasteiger partial charge >= 0.3 is 0 Å². The van der Waals surface area contributed by atoms with Crippen LogP contribution in [-0.2, 0) is 0 Å². The van der Waals surface area contributed by atoms with Gasteiger partial charge in [0.1, 0.15) is 11.6 Å². The highest BCUT2D eigenvalue weighted by molar-refractivity contribution is 6.30. The first-order valence-electron chi connectivity index (χ1n) is 6.53. The lowest BCUT2D eigenvalue weighted by molar-refractivity contribution is 0.145. The minimum absolute atomic E-state index is 0.00793. The van der Waals surface area contributed by atoms with E-state index in [2.05, 4.69) is 0 Å². The molecule has 0 aliphatic heterocycles. The highest BCUT2D eigenvalue weighted by atomic mass is 35.5. The summed E-state index contributed by atoms with van der Waals surface area (Å²) >= 11 is 5.76. The zero-order valence-electron chi connectivity index (χ0n) is 11.5. The van der Waals surface area contributed by atoms with Crippen LogP contribution in [-0.4, -0.2) is 11.7 Å². The van der Waals surface area contributed by atoms with Crippen molar-refractivity contribution in [3.8, 4) is 0 Å². The molecular weight excluding hydrogens is 296 g/mol. The molecule has 2 unspecified atom stereocenters. The van der Waals surface area contributed by atoms with Crippen LogP contribution >= 0.6 is 11.6 Å². The van der Waals surface area contributed by atoms with Crippen molar-refractivity contribution < 1.29 is 13.9 Å². The highest BCUT2D eigenvalue weighted by Gasteiger charge is 2.25. The van der Waals surface area contributed by atoms with Gasteiger partial charge in [0.15, 0.2) is 0 Å². The van der Waals surface area contributed by atoms with Crippen molar-refractivity contribution in [2.75, 3.05) is 6.54 Å². The topological polar surface area (TPSA) is 46.2 Å². The molecule has 0 saturated heterocycles. The predicted octanol–water partition coefficient (Wildman–Crippen LogP) is 3.70. The Labute approximate surface area is 127 Å². The van der Waals surface area contributed by atoms with E-state index in [1.54, 1.807) is 19.1 Å². The SMILES string of the molecule is Cc1cc(F)cc(C(O)C(CN)c2cccc(Cl)c2F)c1. The Morgan fingerprint density at radius 2 is 1.95 bits per heavy atom. The molecule has 0 spiro atoms. The van der Waals surface area contributed by atoms with Gasteiger partial charge in [0.25, 0.3) is 0 Å². The second-order valence-corrected chi connectivity index (χ2v) is 5.40. The molecule has 0 fully saturated rings. The monoisotopic (exact) mass is 311 g/mol. The maximum atomic E-state index is 14.1. The molecule has 0 aromatic heterocycles. The maximum absolute atomic E-state index is 14.1. The zero-order valence-corrected chi connectivity index (χ0v) is 12.2. The number of rotatable bonds is 4. The van der Waals surface area contributed by atoms with Gasteiger partial charge in [-0.25, -0.2) is 8.78 Å². The number of benzene rings is 2. The van der Waals surface area contributed by atoms with Crippen molar-refractivity contribution >= 4 is 11.6 Å². The molecule has 5 heteroatoms. The largest absolute Gasteiger partial charge is 0.388 e. The molecule has 0 radical (unpaired) electrons. The smallest absolute Gasteiger partial charge is 0.145 e. The summed E-state index contributed by atoms with van der Waals surface area (Å²) in [7, 11) is 0. The van der Waals surface area contributed by atoms with Gasteiger partial charge in [0.2, 0.25) is 0 Å². The molecule has 0 aliphatic carbocycles. The van der Waals surface area contributed by atoms with Gasteiger partial charge in [-0.05, 0) is 41.8 Å². The summed E-state index contributed by atoms with van der Waals surface area (Å²) in [6, 6.07) is 8.77. The summed E-state index contributed by atoms with van der Waals surface area (Å²) in [5.74, 6) is -1.77. The van der Waals surface area contributed by atoms with E-state index in [0.29, 0.717) is 11.1 Å². The minimum Gasteiger partial charge on any atom is -0.388 e. The lowest BCUT2D eigenvalue weighted by Gasteiger charge is -2.23. The number of aryl methyl sites for hydroxylation is 1. The summed E-state index contributed by atoms with van der Waals surface area (Å²) in [5, 5.41) is 10.4. The summed E-state index contributed by atoms with van der Waals surface area (Å²) in [4.78, 5) is 0. The fraction of sp³-hybridized carbons (Fsp3) is 0.250. The van der Waals surface area contributed by atoms with Gasteiger partial charge in [-0.3, -0.25) is 0 Å². The van der Waals surface area contributed by atoms with E-state index in [1.807, 2.05) is 0 Å². The maximum Gasteiger partial charge on any atom is 0.145 e. The van der Waals surface area contributed by atoms with Crippen molar-refractivity contribution in [1.82, 2.24) is 0 Å². The first-order valence-corrected chi connectivity index (χ1v) is 6.91. The van der Waals surface area contributed by atoms with Crippen molar-refractivity contribution in [3.05, 3.63) is 69.7 Å². The molecule has 0 heterocycles. The minimum atomic E-state index is -1.11. The van der Waals surface area contributed by atoms with Crippen LogP contribution < -0.4 is 5.73 Å². The van der Waals surface area contributed by atoms with E-state index >= 15 is 0 Å². The Morgan fingerprint density at radius 3 is 2.57 bits per heavy atom. The average molecular weight is 312 g/mol.